The first-order valence-corrected chi connectivity index (χ1v) is 10.5. The zero-order valence-electron chi connectivity index (χ0n) is 16.6. The number of halogens is 2. The summed E-state index contributed by atoms with van der Waals surface area (Å²) in [6.45, 7) is 5.07. The summed E-state index contributed by atoms with van der Waals surface area (Å²) in [5.41, 5.74) is 0.513. The summed E-state index contributed by atoms with van der Waals surface area (Å²) in [5, 5.41) is 0. The molecule has 2 nitrogen and oxygen atoms in total. The second-order valence-electron chi connectivity index (χ2n) is 7.87. The Bertz CT molecular complexity index is 628. The lowest BCUT2D eigenvalue weighted by Crippen LogP contribution is -2.31. The summed E-state index contributed by atoms with van der Waals surface area (Å²) in [6, 6.07) is 3.28. The molecule has 1 heterocycles. The second-order valence-corrected chi connectivity index (χ2v) is 7.87. The molecule has 0 bridgehead atoms. The Kier molecular flexibility index (Phi) is 7.28. The maximum atomic E-state index is 14.5. The molecule has 27 heavy (non-hydrogen) atoms. The Morgan fingerprint density at radius 3 is 2.37 bits per heavy atom. The smallest absolute Gasteiger partial charge is 0.200 e. The zero-order chi connectivity index (χ0) is 19.2. The van der Waals surface area contributed by atoms with Crippen LogP contribution < -0.4 is 4.74 Å². The summed E-state index contributed by atoms with van der Waals surface area (Å²) >= 11 is 0. The van der Waals surface area contributed by atoms with Gasteiger partial charge < -0.3 is 9.47 Å². The predicted octanol–water partition coefficient (Wildman–Crippen LogP) is 6.40. The zero-order valence-corrected chi connectivity index (χ0v) is 16.6. The lowest BCUT2D eigenvalue weighted by atomic mass is 9.72. The van der Waals surface area contributed by atoms with E-state index in [0.717, 1.165) is 45.1 Å². The topological polar surface area (TPSA) is 18.5 Å². The van der Waals surface area contributed by atoms with Crippen LogP contribution in [0.5, 0.6) is 5.75 Å². The van der Waals surface area contributed by atoms with Crippen molar-refractivity contribution in [1.82, 2.24) is 0 Å². The van der Waals surface area contributed by atoms with Crippen LogP contribution in [0, 0.1) is 23.5 Å². The summed E-state index contributed by atoms with van der Waals surface area (Å²) in [4.78, 5) is 0. The van der Waals surface area contributed by atoms with Crippen molar-refractivity contribution in [3.05, 3.63) is 41.5 Å². The normalized spacial score (nSPS) is 29.2. The second kappa shape index (κ2) is 9.68. The van der Waals surface area contributed by atoms with Crippen LogP contribution in [0.2, 0.25) is 0 Å². The third-order valence-corrected chi connectivity index (χ3v) is 6.19. The highest BCUT2D eigenvalue weighted by atomic mass is 19.2. The minimum Gasteiger partial charge on any atom is -0.491 e. The minimum absolute atomic E-state index is 0.0125. The lowest BCUT2D eigenvalue weighted by Gasteiger charge is -2.37. The molecule has 150 valence electrons. The van der Waals surface area contributed by atoms with Crippen molar-refractivity contribution in [3.63, 3.8) is 0 Å². The molecule has 0 spiro atoms. The van der Waals surface area contributed by atoms with Gasteiger partial charge in [0.1, 0.15) is 0 Å². The number of benzene rings is 1. The molecule has 2 unspecified atom stereocenters. The molecule has 2 atom stereocenters. The van der Waals surface area contributed by atoms with Gasteiger partial charge in [-0.3, -0.25) is 0 Å². The molecule has 0 amide bonds. The molecule has 1 saturated heterocycles. The van der Waals surface area contributed by atoms with Gasteiger partial charge in [0, 0.05) is 0 Å². The minimum atomic E-state index is -0.844. The highest BCUT2D eigenvalue weighted by molar-refractivity contribution is 5.33. The van der Waals surface area contributed by atoms with Gasteiger partial charge in [-0.05, 0) is 81.3 Å². The lowest BCUT2D eigenvalue weighted by molar-refractivity contribution is -0.0150. The molecule has 1 aromatic carbocycles. The van der Waals surface area contributed by atoms with Gasteiger partial charge >= 0.3 is 0 Å². The molecule has 1 saturated carbocycles. The van der Waals surface area contributed by atoms with E-state index in [1.54, 1.807) is 19.1 Å². The van der Waals surface area contributed by atoms with Crippen LogP contribution in [0.15, 0.2) is 24.3 Å². The van der Waals surface area contributed by atoms with Crippen molar-refractivity contribution in [3.8, 4) is 5.75 Å². The Morgan fingerprint density at radius 2 is 1.74 bits per heavy atom. The molecule has 1 aromatic rings. The Morgan fingerprint density at radius 1 is 1.00 bits per heavy atom. The van der Waals surface area contributed by atoms with Gasteiger partial charge in [0.2, 0.25) is 5.82 Å². The first kappa shape index (κ1) is 20.3. The van der Waals surface area contributed by atoms with Crippen molar-refractivity contribution in [2.45, 2.75) is 70.8 Å². The fourth-order valence-corrected chi connectivity index (χ4v) is 4.63. The van der Waals surface area contributed by atoms with Gasteiger partial charge in [-0.2, -0.15) is 4.39 Å². The third-order valence-electron chi connectivity index (χ3n) is 6.19. The highest BCUT2D eigenvalue weighted by Gasteiger charge is 2.32. The van der Waals surface area contributed by atoms with Crippen LogP contribution >= 0.6 is 0 Å². The Hall–Kier alpha value is -1.42. The van der Waals surface area contributed by atoms with E-state index in [9.17, 15) is 8.78 Å². The number of hydrogen-bond acceptors (Lipinski definition) is 2. The third kappa shape index (κ3) is 4.90. The van der Waals surface area contributed by atoms with Gasteiger partial charge in [0.25, 0.3) is 0 Å². The van der Waals surface area contributed by atoms with Gasteiger partial charge in [-0.15, -0.1) is 0 Å². The van der Waals surface area contributed by atoms with E-state index in [1.807, 2.05) is 0 Å². The Balaban J connectivity index is 1.54. The van der Waals surface area contributed by atoms with Crippen molar-refractivity contribution < 1.29 is 18.3 Å². The number of allylic oxidation sites excluding steroid dienone is 1. The molecule has 2 fully saturated rings. The monoisotopic (exact) mass is 378 g/mol. The quantitative estimate of drug-likeness (QED) is 0.533. The fraction of sp³-hybridized carbons (Fsp3) is 0.652. The number of hydrogen-bond donors (Lipinski definition) is 0. The standard InChI is InChI=1S/C23H32F2O2/c1-3-5-6-19-12-11-18(15-27-19)16-7-9-17(10-8-16)20-13-14-21(26-4-2)23(25)22(20)24/h5-6,13-14,16-19H,3-4,7-12,15H2,1-2H3. The molecule has 2 aliphatic rings. The average Bonchev–Trinajstić information content (AvgIpc) is 2.71. The molecular formula is C23H32F2O2. The van der Waals surface area contributed by atoms with Crippen LogP contribution in [0.3, 0.4) is 0 Å². The van der Waals surface area contributed by atoms with Crippen molar-refractivity contribution in [1.29, 1.82) is 0 Å². The maximum Gasteiger partial charge on any atom is 0.200 e. The molecule has 0 N–H and O–H groups in total. The van der Waals surface area contributed by atoms with E-state index in [-0.39, 0.29) is 17.8 Å². The predicted molar refractivity (Wildman–Crippen MR) is 104 cm³/mol. The van der Waals surface area contributed by atoms with Gasteiger partial charge in [-0.1, -0.05) is 25.1 Å². The van der Waals surface area contributed by atoms with Crippen LogP contribution in [-0.4, -0.2) is 19.3 Å². The van der Waals surface area contributed by atoms with Crippen molar-refractivity contribution in [2.75, 3.05) is 13.2 Å². The molecular weight excluding hydrogens is 346 g/mol. The summed E-state index contributed by atoms with van der Waals surface area (Å²) in [7, 11) is 0. The van der Waals surface area contributed by atoms with E-state index in [0.29, 0.717) is 24.0 Å². The first-order chi connectivity index (χ1) is 13.1. The van der Waals surface area contributed by atoms with E-state index in [1.165, 1.54) is 6.42 Å². The summed E-state index contributed by atoms with van der Waals surface area (Å²) < 4.78 is 39.8. The van der Waals surface area contributed by atoms with Crippen LogP contribution in [0.1, 0.15) is 70.3 Å². The fourth-order valence-electron chi connectivity index (χ4n) is 4.63. The van der Waals surface area contributed by atoms with Crippen molar-refractivity contribution in [2.24, 2.45) is 11.8 Å². The summed E-state index contributed by atoms with van der Waals surface area (Å²) in [5.74, 6) is -0.193. The van der Waals surface area contributed by atoms with E-state index >= 15 is 0 Å². The molecule has 4 heteroatoms. The SMILES string of the molecule is CCC=CC1CCC(C2CCC(c3ccc(OCC)c(F)c3F)CC2)CO1. The molecule has 1 aliphatic heterocycles. The van der Waals surface area contributed by atoms with Crippen LogP contribution in [0.4, 0.5) is 8.78 Å². The first-order valence-electron chi connectivity index (χ1n) is 10.5. The number of ether oxygens (including phenoxy) is 2. The van der Waals surface area contributed by atoms with E-state index < -0.39 is 11.6 Å². The number of rotatable bonds is 6. The van der Waals surface area contributed by atoms with Gasteiger partial charge in [-0.25, -0.2) is 4.39 Å². The van der Waals surface area contributed by atoms with E-state index in [2.05, 4.69) is 19.1 Å². The summed E-state index contributed by atoms with van der Waals surface area (Å²) in [6.07, 6.45) is 12.0. The van der Waals surface area contributed by atoms with Gasteiger partial charge in [0.05, 0.1) is 19.3 Å². The molecule has 3 rings (SSSR count). The average molecular weight is 379 g/mol. The highest BCUT2D eigenvalue weighted by Crippen LogP contribution is 2.42. The van der Waals surface area contributed by atoms with Crippen LogP contribution in [0.25, 0.3) is 0 Å². The van der Waals surface area contributed by atoms with Crippen molar-refractivity contribution >= 4 is 0 Å². The molecule has 0 aromatic heterocycles. The van der Waals surface area contributed by atoms with Gasteiger partial charge in [0.15, 0.2) is 11.6 Å². The Labute approximate surface area is 161 Å². The maximum absolute atomic E-state index is 14.5. The molecule has 1 aliphatic carbocycles. The van der Waals surface area contributed by atoms with E-state index in [4.69, 9.17) is 9.47 Å². The largest absolute Gasteiger partial charge is 0.491 e. The molecule has 0 radical (unpaired) electrons. The van der Waals surface area contributed by atoms with Crippen LogP contribution in [-0.2, 0) is 4.74 Å².